The van der Waals surface area contributed by atoms with E-state index in [9.17, 15) is 14.7 Å². The number of aliphatic carboxylic acids is 1. The van der Waals surface area contributed by atoms with E-state index < -0.39 is 17.8 Å². The van der Waals surface area contributed by atoms with Crippen LogP contribution in [0, 0.1) is 23.7 Å². The molecule has 1 aromatic rings. The third-order valence-corrected chi connectivity index (χ3v) is 4.94. The van der Waals surface area contributed by atoms with Crippen LogP contribution in [0.25, 0.3) is 0 Å². The topological polar surface area (TPSA) is 66.4 Å². The van der Waals surface area contributed by atoms with Crippen LogP contribution in [0.3, 0.4) is 0 Å². The highest BCUT2D eigenvalue weighted by molar-refractivity contribution is 7.09. The van der Waals surface area contributed by atoms with E-state index in [0.29, 0.717) is 6.54 Å². The van der Waals surface area contributed by atoms with Gasteiger partial charge in [0.1, 0.15) is 0 Å². The summed E-state index contributed by atoms with van der Waals surface area (Å²) in [5.74, 6) is -1.83. The fourth-order valence-corrected chi connectivity index (χ4v) is 3.87. The fourth-order valence-electron chi connectivity index (χ4n) is 3.22. The highest BCUT2D eigenvalue weighted by Crippen LogP contribution is 2.48. The van der Waals surface area contributed by atoms with Gasteiger partial charge in [-0.25, -0.2) is 0 Å². The van der Waals surface area contributed by atoms with Gasteiger partial charge >= 0.3 is 5.97 Å². The molecule has 0 spiro atoms. The predicted octanol–water partition coefficient (Wildman–Crippen LogP) is 1.89. The quantitative estimate of drug-likeness (QED) is 0.826. The van der Waals surface area contributed by atoms with Crippen molar-refractivity contribution in [2.45, 2.75) is 13.0 Å². The van der Waals surface area contributed by atoms with Gasteiger partial charge in [-0.15, -0.1) is 11.3 Å². The maximum absolute atomic E-state index is 12.2. The number of hydrogen-bond donors (Lipinski definition) is 2. The van der Waals surface area contributed by atoms with Gasteiger partial charge < -0.3 is 10.4 Å². The van der Waals surface area contributed by atoms with Crippen LogP contribution in [0.2, 0.25) is 0 Å². The molecule has 4 atom stereocenters. The number of fused-ring (bicyclic) bond motifs is 2. The van der Waals surface area contributed by atoms with Gasteiger partial charge in [0.05, 0.1) is 18.4 Å². The Hall–Kier alpha value is -1.62. The molecule has 1 aromatic heterocycles. The summed E-state index contributed by atoms with van der Waals surface area (Å²) in [5, 5.41) is 14.1. The van der Waals surface area contributed by atoms with Crippen LogP contribution in [0.15, 0.2) is 29.7 Å². The predicted molar refractivity (Wildman–Crippen MR) is 71.5 cm³/mol. The number of rotatable bonds is 4. The first-order chi connectivity index (χ1) is 9.16. The van der Waals surface area contributed by atoms with Crippen molar-refractivity contribution in [3.8, 4) is 0 Å². The SMILES string of the molecule is O=C(O)[C@@H]1[C@@H](C(=O)NCc2cccs2)[C@H]2C=C[C@@H]1C2. The molecular formula is C14H15NO3S. The van der Waals surface area contributed by atoms with Crippen LogP contribution in [-0.4, -0.2) is 17.0 Å². The number of carboxylic acids is 1. The van der Waals surface area contributed by atoms with E-state index in [2.05, 4.69) is 5.32 Å². The van der Waals surface area contributed by atoms with Crippen LogP contribution in [-0.2, 0) is 16.1 Å². The molecule has 0 aromatic carbocycles. The first-order valence-corrected chi connectivity index (χ1v) is 7.26. The van der Waals surface area contributed by atoms with E-state index in [1.165, 1.54) is 0 Å². The minimum absolute atomic E-state index is 0.0278. The Morgan fingerprint density at radius 3 is 2.68 bits per heavy atom. The fraction of sp³-hybridized carbons (Fsp3) is 0.429. The highest BCUT2D eigenvalue weighted by Gasteiger charge is 2.51. The number of hydrogen-bond acceptors (Lipinski definition) is 3. The lowest BCUT2D eigenvalue weighted by atomic mass is 9.82. The minimum atomic E-state index is -0.854. The first kappa shape index (κ1) is 12.4. The van der Waals surface area contributed by atoms with Gasteiger partial charge in [-0.2, -0.15) is 0 Å². The summed E-state index contributed by atoms with van der Waals surface area (Å²) in [6, 6.07) is 3.90. The van der Waals surface area contributed by atoms with Crippen molar-refractivity contribution in [3.63, 3.8) is 0 Å². The van der Waals surface area contributed by atoms with Crippen LogP contribution in [0.4, 0.5) is 0 Å². The molecule has 0 unspecified atom stereocenters. The number of amides is 1. The molecule has 2 aliphatic rings. The Morgan fingerprint density at radius 2 is 2.05 bits per heavy atom. The van der Waals surface area contributed by atoms with E-state index in [0.717, 1.165) is 11.3 Å². The zero-order valence-corrected chi connectivity index (χ0v) is 11.1. The lowest BCUT2D eigenvalue weighted by molar-refractivity contribution is -0.147. The second-order valence-electron chi connectivity index (χ2n) is 5.14. The Labute approximate surface area is 115 Å². The number of allylic oxidation sites excluding steroid dienone is 2. The Morgan fingerprint density at radius 1 is 1.32 bits per heavy atom. The molecule has 100 valence electrons. The van der Waals surface area contributed by atoms with Gasteiger partial charge in [0.2, 0.25) is 5.91 Å². The van der Waals surface area contributed by atoms with Crippen LogP contribution >= 0.6 is 11.3 Å². The maximum Gasteiger partial charge on any atom is 0.307 e. The molecule has 19 heavy (non-hydrogen) atoms. The first-order valence-electron chi connectivity index (χ1n) is 6.38. The number of carbonyl (C=O) groups is 2. The van der Waals surface area contributed by atoms with Crippen molar-refractivity contribution in [2.75, 3.05) is 0 Å². The number of carbonyl (C=O) groups excluding carboxylic acids is 1. The summed E-state index contributed by atoms with van der Waals surface area (Å²) in [7, 11) is 0. The van der Waals surface area contributed by atoms with E-state index in [1.807, 2.05) is 29.7 Å². The van der Waals surface area contributed by atoms with Gasteiger partial charge in [-0.05, 0) is 29.7 Å². The summed E-state index contributed by atoms with van der Waals surface area (Å²) in [4.78, 5) is 24.7. The van der Waals surface area contributed by atoms with Gasteiger partial charge in [0.15, 0.2) is 0 Å². The molecule has 3 rings (SSSR count). The molecule has 0 aliphatic heterocycles. The van der Waals surface area contributed by atoms with Crippen molar-refractivity contribution >= 4 is 23.2 Å². The molecule has 0 radical (unpaired) electrons. The molecule has 2 N–H and O–H groups in total. The van der Waals surface area contributed by atoms with Crippen molar-refractivity contribution < 1.29 is 14.7 Å². The molecular weight excluding hydrogens is 262 g/mol. The molecule has 1 heterocycles. The summed E-state index contributed by atoms with van der Waals surface area (Å²) in [6.07, 6.45) is 4.75. The lowest BCUT2D eigenvalue weighted by Crippen LogP contribution is -2.39. The van der Waals surface area contributed by atoms with Crippen molar-refractivity contribution in [2.24, 2.45) is 23.7 Å². The van der Waals surface area contributed by atoms with E-state index >= 15 is 0 Å². The summed E-state index contributed by atoms with van der Waals surface area (Å²) < 4.78 is 0. The largest absolute Gasteiger partial charge is 0.481 e. The Bertz CT molecular complexity index is 523. The van der Waals surface area contributed by atoms with Crippen LogP contribution in [0.5, 0.6) is 0 Å². The minimum Gasteiger partial charge on any atom is -0.481 e. The van der Waals surface area contributed by atoms with Crippen LogP contribution < -0.4 is 5.32 Å². The van der Waals surface area contributed by atoms with E-state index in [1.54, 1.807) is 11.3 Å². The zero-order chi connectivity index (χ0) is 13.4. The number of carboxylic acid groups (broad SMARTS) is 1. The molecule has 4 nitrogen and oxygen atoms in total. The van der Waals surface area contributed by atoms with Crippen LogP contribution in [0.1, 0.15) is 11.3 Å². The Balaban J connectivity index is 1.68. The summed E-state index contributed by atoms with van der Waals surface area (Å²) in [5.41, 5.74) is 0. The number of nitrogens with one attached hydrogen (secondary N) is 1. The average Bonchev–Trinajstić information content (AvgIpc) is 3.10. The van der Waals surface area contributed by atoms with Crippen molar-refractivity contribution in [3.05, 3.63) is 34.5 Å². The Kier molecular flexibility index (Phi) is 3.14. The third kappa shape index (κ3) is 2.18. The third-order valence-electron chi connectivity index (χ3n) is 4.06. The molecule has 1 amide bonds. The van der Waals surface area contributed by atoms with Gasteiger partial charge in [0.25, 0.3) is 0 Å². The summed E-state index contributed by atoms with van der Waals surface area (Å²) >= 11 is 1.58. The van der Waals surface area contributed by atoms with E-state index in [-0.39, 0.29) is 17.7 Å². The second kappa shape index (κ2) is 4.81. The molecule has 1 saturated carbocycles. The van der Waals surface area contributed by atoms with Gasteiger partial charge in [0, 0.05) is 4.88 Å². The van der Waals surface area contributed by atoms with Gasteiger partial charge in [-0.1, -0.05) is 18.2 Å². The smallest absolute Gasteiger partial charge is 0.307 e. The van der Waals surface area contributed by atoms with Gasteiger partial charge in [-0.3, -0.25) is 9.59 Å². The highest BCUT2D eigenvalue weighted by atomic mass is 32.1. The average molecular weight is 277 g/mol. The van der Waals surface area contributed by atoms with E-state index in [4.69, 9.17) is 0 Å². The van der Waals surface area contributed by atoms with Crippen molar-refractivity contribution in [1.29, 1.82) is 0 Å². The normalized spacial score (nSPS) is 31.6. The molecule has 2 aliphatic carbocycles. The monoisotopic (exact) mass is 277 g/mol. The lowest BCUT2D eigenvalue weighted by Gasteiger charge is -2.23. The second-order valence-corrected chi connectivity index (χ2v) is 6.17. The molecule has 2 bridgehead atoms. The summed E-state index contributed by atoms with van der Waals surface area (Å²) in [6.45, 7) is 0.487. The molecule has 0 saturated heterocycles. The molecule has 1 fully saturated rings. The number of thiophene rings is 1. The molecule has 5 heteroatoms. The standard InChI is InChI=1S/C14H15NO3S/c16-13(15-7-10-2-1-5-19-10)11-8-3-4-9(6-8)12(11)14(17)18/h1-5,8-9,11-12H,6-7H2,(H,15,16)(H,17,18)/t8-,9+,11-,12-/m0/s1. The van der Waals surface area contributed by atoms with Crippen molar-refractivity contribution in [1.82, 2.24) is 5.32 Å². The maximum atomic E-state index is 12.2. The zero-order valence-electron chi connectivity index (χ0n) is 10.3.